The SMILES string of the molecule is CCCN(CC1CCN(S(C)(=O)=O)CC1)C1CCc2ccc(C3=CC=CC(C)(N)C3)cc2C1. The van der Waals surface area contributed by atoms with Gasteiger partial charge in [0, 0.05) is 31.2 Å². The Hall–Kier alpha value is -1.47. The van der Waals surface area contributed by atoms with Gasteiger partial charge in [-0.15, -0.1) is 0 Å². The largest absolute Gasteiger partial charge is 0.322 e. The average Bonchev–Trinajstić information content (AvgIpc) is 2.77. The van der Waals surface area contributed by atoms with Gasteiger partial charge in [-0.25, -0.2) is 12.7 Å². The zero-order chi connectivity index (χ0) is 23.6. The molecule has 1 fully saturated rings. The van der Waals surface area contributed by atoms with Gasteiger partial charge in [-0.05, 0) is 86.6 Å². The first kappa shape index (κ1) is 24.6. The number of allylic oxidation sites excluding steroid dienone is 2. The summed E-state index contributed by atoms with van der Waals surface area (Å²) >= 11 is 0. The predicted molar refractivity (Wildman–Crippen MR) is 138 cm³/mol. The molecule has 0 aromatic heterocycles. The second kappa shape index (κ2) is 10.0. The lowest BCUT2D eigenvalue weighted by molar-refractivity contribution is 0.129. The summed E-state index contributed by atoms with van der Waals surface area (Å²) in [7, 11) is -3.06. The summed E-state index contributed by atoms with van der Waals surface area (Å²) in [6, 6.07) is 7.59. The molecule has 0 radical (unpaired) electrons. The third-order valence-corrected chi connectivity index (χ3v) is 8.99. The van der Waals surface area contributed by atoms with E-state index < -0.39 is 10.0 Å². The zero-order valence-corrected chi connectivity index (χ0v) is 21.4. The predicted octanol–water partition coefficient (Wildman–Crippen LogP) is 3.99. The topological polar surface area (TPSA) is 66.6 Å². The molecule has 0 saturated carbocycles. The van der Waals surface area contributed by atoms with Crippen molar-refractivity contribution in [1.82, 2.24) is 9.21 Å². The van der Waals surface area contributed by atoms with Crippen LogP contribution in [0.15, 0.2) is 36.4 Å². The summed E-state index contributed by atoms with van der Waals surface area (Å²) in [5.74, 6) is 0.587. The van der Waals surface area contributed by atoms with E-state index in [4.69, 9.17) is 5.73 Å². The third-order valence-electron chi connectivity index (χ3n) is 7.69. The van der Waals surface area contributed by atoms with E-state index in [1.807, 2.05) is 0 Å². The highest BCUT2D eigenvalue weighted by Gasteiger charge is 2.30. The Kier molecular flexibility index (Phi) is 7.49. The Morgan fingerprint density at radius 1 is 1.18 bits per heavy atom. The number of rotatable bonds is 7. The highest BCUT2D eigenvalue weighted by Crippen LogP contribution is 2.33. The minimum absolute atomic E-state index is 0.271. The van der Waals surface area contributed by atoms with Crippen molar-refractivity contribution in [2.75, 3.05) is 32.4 Å². The van der Waals surface area contributed by atoms with Crippen LogP contribution in [0.2, 0.25) is 0 Å². The number of aryl methyl sites for hydroxylation is 1. The molecule has 4 rings (SSSR count). The quantitative estimate of drug-likeness (QED) is 0.653. The molecular weight excluding hydrogens is 430 g/mol. The summed E-state index contributed by atoms with van der Waals surface area (Å²) in [5.41, 5.74) is 11.7. The number of piperidine rings is 1. The monoisotopic (exact) mass is 471 g/mol. The van der Waals surface area contributed by atoms with Gasteiger partial charge in [0.1, 0.15) is 0 Å². The Morgan fingerprint density at radius 3 is 2.61 bits per heavy atom. The molecule has 6 heteroatoms. The Bertz CT molecular complexity index is 1000. The van der Waals surface area contributed by atoms with Gasteiger partial charge in [0.15, 0.2) is 0 Å². The molecule has 0 spiro atoms. The maximum atomic E-state index is 11.9. The summed E-state index contributed by atoms with van der Waals surface area (Å²) in [4.78, 5) is 2.70. The Balaban J connectivity index is 1.43. The van der Waals surface area contributed by atoms with E-state index in [0.29, 0.717) is 25.0 Å². The van der Waals surface area contributed by atoms with Crippen molar-refractivity contribution in [3.63, 3.8) is 0 Å². The van der Waals surface area contributed by atoms with E-state index in [-0.39, 0.29) is 5.54 Å². The highest BCUT2D eigenvalue weighted by atomic mass is 32.2. The molecule has 5 nitrogen and oxygen atoms in total. The van der Waals surface area contributed by atoms with Gasteiger partial charge < -0.3 is 5.73 Å². The Labute approximate surface area is 200 Å². The Morgan fingerprint density at radius 2 is 1.94 bits per heavy atom. The minimum Gasteiger partial charge on any atom is -0.322 e. The fourth-order valence-electron chi connectivity index (χ4n) is 5.83. The molecule has 2 N–H and O–H groups in total. The number of hydrogen-bond acceptors (Lipinski definition) is 4. The van der Waals surface area contributed by atoms with E-state index in [9.17, 15) is 8.42 Å². The number of sulfonamides is 1. The van der Waals surface area contributed by atoms with Crippen LogP contribution in [0.5, 0.6) is 0 Å². The highest BCUT2D eigenvalue weighted by molar-refractivity contribution is 7.88. The van der Waals surface area contributed by atoms with Gasteiger partial charge >= 0.3 is 0 Å². The van der Waals surface area contributed by atoms with Gasteiger partial charge in [0.05, 0.1) is 6.26 Å². The molecule has 2 aliphatic carbocycles. The maximum absolute atomic E-state index is 11.9. The lowest BCUT2D eigenvalue weighted by Crippen LogP contribution is -2.45. The fourth-order valence-corrected chi connectivity index (χ4v) is 6.70. The van der Waals surface area contributed by atoms with Crippen LogP contribution in [0.4, 0.5) is 0 Å². The smallest absolute Gasteiger partial charge is 0.211 e. The molecule has 33 heavy (non-hydrogen) atoms. The summed E-state index contributed by atoms with van der Waals surface area (Å²) in [6.07, 6.45) is 15.2. The van der Waals surface area contributed by atoms with Crippen molar-refractivity contribution in [1.29, 1.82) is 0 Å². The van der Waals surface area contributed by atoms with Crippen molar-refractivity contribution in [3.05, 3.63) is 53.1 Å². The van der Waals surface area contributed by atoms with Gasteiger partial charge in [-0.2, -0.15) is 0 Å². The molecule has 1 aliphatic heterocycles. The van der Waals surface area contributed by atoms with Crippen molar-refractivity contribution >= 4 is 15.6 Å². The lowest BCUT2D eigenvalue weighted by Gasteiger charge is -2.39. The molecule has 0 bridgehead atoms. The van der Waals surface area contributed by atoms with Gasteiger partial charge in [0.25, 0.3) is 0 Å². The molecule has 3 aliphatic rings. The van der Waals surface area contributed by atoms with Crippen LogP contribution in [0.3, 0.4) is 0 Å². The number of benzene rings is 1. The molecule has 0 amide bonds. The molecule has 2 atom stereocenters. The first-order valence-corrected chi connectivity index (χ1v) is 14.5. The molecular formula is C27H41N3O2S. The lowest BCUT2D eigenvalue weighted by atomic mass is 9.82. The average molecular weight is 472 g/mol. The van der Waals surface area contributed by atoms with Crippen LogP contribution in [0.25, 0.3) is 5.57 Å². The molecule has 1 saturated heterocycles. The van der Waals surface area contributed by atoms with Crippen LogP contribution < -0.4 is 5.73 Å². The van der Waals surface area contributed by atoms with Crippen LogP contribution in [0.1, 0.15) is 62.6 Å². The summed E-state index contributed by atoms with van der Waals surface area (Å²) < 4.78 is 25.4. The summed E-state index contributed by atoms with van der Waals surface area (Å²) in [6.45, 7) is 7.91. The van der Waals surface area contributed by atoms with E-state index in [1.54, 1.807) is 4.31 Å². The number of fused-ring (bicyclic) bond motifs is 1. The maximum Gasteiger partial charge on any atom is 0.211 e. The van der Waals surface area contributed by atoms with Gasteiger partial charge in [0.2, 0.25) is 10.0 Å². The van der Waals surface area contributed by atoms with Crippen LogP contribution >= 0.6 is 0 Å². The van der Waals surface area contributed by atoms with E-state index in [0.717, 1.165) is 51.6 Å². The first-order valence-electron chi connectivity index (χ1n) is 12.6. The number of hydrogen-bond donors (Lipinski definition) is 1. The van der Waals surface area contributed by atoms with Crippen molar-refractivity contribution in [3.8, 4) is 0 Å². The third kappa shape index (κ3) is 6.16. The minimum atomic E-state index is -3.06. The molecule has 182 valence electrons. The molecule has 1 aromatic carbocycles. The van der Waals surface area contributed by atoms with Crippen molar-refractivity contribution in [2.45, 2.75) is 70.4 Å². The summed E-state index contributed by atoms with van der Waals surface area (Å²) in [5, 5.41) is 0. The first-order chi connectivity index (χ1) is 15.6. The molecule has 2 unspecified atom stereocenters. The fraction of sp³-hybridized carbons (Fsp3) is 0.630. The standard InChI is InChI=1S/C27H41N3O2S/c1-4-14-29(20-21-11-15-30(16-12-21)33(3,31)32)26-10-9-22-7-8-23(17-25(22)18-26)24-6-5-13-27(2,28)19-24/h5-8,13,17,21,26H,4,9-12,14-16,18-20,28H2,1-3H3. The normalized spacial score (nSPS) is 26.9. The van der Waals surface area contributed by atoms with E-state index in [1.165, 1.54) is 34.9 Å². The van der Waals surface area contributed by atoms with E-state index in [2.05, 4.69) is 55.2 Å². The van der Waals surface area contributed by atoms with Crippen molar-refractivity contribution in [2.24, 2.45) is 11.7 Å². The number of nitrogens with zero attached hydrogens (tertiary/aromatic N) is 2. The van der Waals surface area contributed by atoms with E-state index >= 15 is 0 Å². The van der Waals surface area contributed by atoms with Crippen molar-refractivity contribution < 1.29 is 8.42 Å². The van der Waals surface area contributed by atoms with Gasteiger partial charge in [-0.1, -0.05) is 43.4 Å². The van der Waals surface area contributed by atoms with Crippen LogP contribution in [0, 0.1) is 5.92 Å². The molecule has 1 heterocycles. The van der Waals surface area contributed by atoms with Crippen LogP contribution in [-0.4, -0.2) is 61.6 Å². The second-order valence-electron chi connectivity index (χ2n) is 10.7. The molecule has 1 aromatic rings. The second-order valence-corrected chi connectivity index (χ2v) is 12.7. The van der Waals surface area contributed by atoms with Crippen LogP contribution in [-0.2, 0) is 22.9 Å². The van der Waals surface area contributed by atoms with Gasteiger partial charge in [-0.3, -0.25) is 4.90 Å². The number of nitrogens with two attached hydrogens (primary N) is 1. The zero-order valence-electron chi connectivity index (χ0n) is 20.6.